The van der Waals surface area contributed by atoms with E-state index in [0.29, 0.717) is 18.5 Å². The first-order valence-electron chi connectivity index (χ1n) is 6.96. The second-order valence-electron chi connectivity index (χ2n) is 5.77. The van der Waals surface area contributed by atoms with Crippen molar-refractivity contribution in [3.05, 3.63) is 35.6 Å². The molecule has 1 aliphatic heterocycles. The van der Waals surface area contributed by atoms with Gasteiger partial charge in [0.05, 0.1) is 12.1 Å². The summed E-state index contributed by atoms with van der Waals surface area (Å²) in [6.45, 7) is 2.72. The number of guanidine groups is 1. The fourth-order valence-electron chi connectivity index (χ4n) is 3.45. The highest BCUT2D eigenvalue weighted by molar-refractivity contribution is 5.81. The van der Waals surface area contributed by atoms with E-state index in [4.69, 9.17) is 5.73 Å². The van der Waals surface area contributed by atoms with Crippen LogP contribution in [0.2, 0.25) is 0 Å². The molecule has 1 aromatic rings. The highest BCUT2D eigenvalue weighted by atomic mass is 19.1. The lowest BCUT2D eigenvalue weighted by molar-refractivity contribution is 0.166. The van der Waals surface area contributed by atoms with E-state index in [1.165, 1.54) is 18.9 Å². The molecular weight excluding hydrogens is 241 g/mol. The molecule has 0 amide bonds. The summed E-state index contributed by atoms with van der Waals surface area (Å²) in [5.41, 5.74) is 6.75. The maximum absolute atomic E-state index is 13.5. The molecular formula is C15H20FN3. The maximum atomic E-state index is 13.5. The predicted molar refractivity (Wildman–Crippen MR) is 74.3 cm³/mol. The molecule has 0 radical (unpaired) electrons. The molecule has 0 spiro atoms. The minimum atomic E-state index is -0.304. The molecule has 102 valence electrons. The molecule has 0 saturated heterocycles. The summed E-state index contributed by atoms with van der Waals surface area (Å²) >= 11 is 0. The molecule has 2 aliphatic rings. The third-order valence-electron chi connectivity index (χ3n) is 4.46. The van der Waals surface area contributed by atoms with Crippen LogP contribution in [0.1, 0.15) is 38.2 Å². The van der Waals surface area contributed by atoms with Crippen molar-refractivity contribution < 1.29 is 4.39 Å². The van der Waals surface area contributed by atoms with E-state index in [1.807, 2.05) is 6.07 Å². The zero-order valence-corrected chi connectivity index (χ0v) is 11.3. The largest absolute Gasteiger partial charge is 0.370 e. The number of benzene rings is 1. The number of hydrogen-bond acceptors (Lipinski definition) is 3. The average molecular weight is 261 g/mol. The number of halogens is 1. The summed E-state index contributed by atoms with van der Waals surface area (Å²) in [6, 6.07) is 7.26. The minimum absolute atomic E-state index is 0.199. The number of nitrogens with two attached hydrogens (primary N) is 1. The lowest BCUT2D eigenvalue weighted by Gasteiger charge is -2.41. The van der Waals surface area contributed by atoms with Gasteiger partial charge in [-0.1, -0.05) is 25.0 Å². The van der Waals surface area contributed by atoms with Gasteiger partial charge in [-0.25, -0.2) is 4.39 Å². The average Bonchev–Trinajstić information content (AvgIpc) is 2.99. The number of rotatable bonds is 2. The van der Waals surface area contributed by atoms with Crippen molar-refractivity contribution in [3.8, 4) is 0 Å². The third kappa shape index (κ3) is 1.99. The highest BCUT2D eigenvalue weighted by Gasteiger charge is 2.43. The second kappa shape index (κ2) is 4.51. The van der Waals surface area contributed by atoms with E-state index >= 15 is 0 Å². The summed E-state index contributed by atoms with van der Waals surface area (Å²) in [4.78, 5) is 6.64. The normalized spacial score (nSPS) is 27.9. The van der Waals surface area contributed by atoms with Crippen LogP contribution in [0.25, 0.3) is 0 Å². The van der Waals surface area contributed by atoms with Gasteiger partial charge in [0.2, 0.25) is 0 Å². The Kier molecular flexibility index (Phi) is 2.96. The Morgan fingerprint density at radius 3 is 2.79 bits per heavy atom. The molecule has 19 heavy (non-hydrogen) atoms. The fourth-order valence-corrected chi connectivity index (χ4v) is 3.45. The van der Waals surface area contributed by atoms with Gasteiger partial charge in [-0.15, -0.1) is 0 Å². The van der Waals surface area contributed by atoms with Crippen molar-refractivity contribution >= 4 is 5.96 Å². The molecule has 1 saturated carbocycles. The van der Waals surface area contributed by atoms with E-state index in [0.717, 1.165) is 18.4 Å². The van der Waals surface area contributed by atoms with Crippen molar-refractivity contribution in [1.82, 2.24) is 4.90 Å². The van der Waals surface area contributed by atoms with Gasteiger partial charge in [0.15, 0.2) is 5.96 Å². The molecule has 1 aliphatic carbocycles. The zero-order valence-electron chi connectivity index (χ0n) is 11.3. The van der Waals surface area contributed by atoms with Crippen LogP contribution in [0.3, 0.4) is 0 Å². The molecule has 1 atom stereocenters. The molecule has 0 bridgehead atoms. The van der Waals surface area contributed by atoms with Gasteiger partial charge >= 0.3 is 0 Å². The Hall–Kier alpha value is -1.58. The Morgan fingerprint density at radius 1 is 1.37 bits per heavy atom. The first kappa shape index (κ1) is 12.5. The number of hydrogen-bond donors (Lipinski definition) is 1. The van der Waals surface area contributed by atoms with Crippen LogP contribution in [-0.2, 0) is 5.54 Å². The van der Waals surface area contributed by atoms with Crippen molar-refractivity contribution in [2.45, 2.75) is 44.2 Å². The van der Waals surface area contributed by atoms with Crippen LogP contribution in [0, 0.1) is 5.82 Å². The van der Waals surface area contributed by atoms with Crippen LogP contribution in [-0.4, -0.2) is 23.4 Å². The zero-order chi connectivity index (χ0) is 13.5. The van der Waals surface area contributed by atoms with E-state index < -0.39 is 0 Å². The molecule has 1 heterocycles. The molecule has 1 aromatic carbocycles. The van der Waals surface area contributed by atoms with Crippen molar-refractivity contribution in [2.75, 3.05) is 6.54 Å². The van der Waals surface area contributed by atoms with E-state index in [9.17, 15) is 4.39 Å². The van der Waals surface area contributed by atoms with Crippen LogP contribution in [0.4, 0.5) is 4.39 Å². The quantitative estimate of drug-likeness (QED) is 0.889. The molecule has 2 N–H and O–H groups in total. The van der Waals surface area contributed by atoms with Crippen molar-refractivity contribution in [3.63, 3.8) is 0 Å². The van der Waals surface area contributed by atoms with Gasteiger partial charge in [-0.2, -0.15) is 0 Å². The predicted octanol–water partition coefficient (Wildman–Crippen LogP) is 2.61. The SMILES string of the molecule is CC1(c2cccc(F)c2)CN=C(N)N1C1CCCC1. The first-order chi connectivity index (χ1) is 9.11. The lowest BCUT2D eigenvalue weighted by atomic mass is 9.89. The van der Waals surface area contributed by atoms with E-state index in [2.05, 4.69) is 16.8 Å². The van der Waals surface area contributed by atoms with E-state index in [-0.39, 0.29) is 11.4 Å². The van der Waals surface area contributed by atoms with Gasteiger partial charge in [-0.05, 0) is 37.5 Å². The standard InChI is InChI=1S/C15H20FN3/c1-15(11-5-4-6-12(16)9-11)10-18-14(17)19(15)13-7-2-3-8-13/h4-6,9,13H,2-3,7-8,10H2,1H3,(H2,17,18). The summed E-state index contributed by atoms with van der Waals surface area (Å²) in [6.07, 6.45) is 4.80. The summed E-state index contributed by atoms with van der Waals surface area (Å²) in [5, 5.41) is 0. The maximum Gasteiger partial charge on any atom is 0.192 e. The van der Waals surface area contributed by atoms with Crippen LogP contribution in [0.5, 0.6) is 0 Å². The Morgan fingerprint density at radius 2 is 2.11 bits per heavy atom. The monoisotopic (exact) mass is 261 g/mol. The van der Waals surface area contributed by atoms with Crippen LogP contribution in [0.15, 0.2) is 29.3 Å². The number of nitrogens with zero attached hydrogens (tertiary/aromatic N) is 2. The van der Waals surface area contributed by atoms with Gasteiger partial charge in [0.1, 0.15) is 5.82 Å². The van der Waals surface area contributed by atoms with Crippen LogP contribution < -0.4 is 5.73 Å². The van der Waals surface area contributed by atoms with Crippen molar-refractivity contribution in [1.29, 1.82) is 0 Å². The Balaban J connectivity index is 1.97. The third-order valence-corrected chi connectivity index (χ3v) is 4.46. The van der Waals surface area contributed by atoms with Gasteiger partial charge in [0.25, 0.3) is 0 Å². The highest BCUT2D eigenvalue weighted by Crippen LogP contribution is 2.38. The Bertz CT molecular complexity index is 508. The lowest BCUT2D eigenvalue weighted by Crippen LogP contribution is -2.52. The molecule has 3 nitrogen and oxygen atoms in total. The first-order valence-corrected chi connectivity index (χ1v) is 6.96. The Labute approximate surface area is 113 Å². The fraction of sp³-hybridized carbons (Fsp3) is 0.533. The molecule has 4 heteroatoms. The van der Waals surface area contributed by atoms with E-state index in [1.54, 1.807) is 12.1 Å². The van der Waals surface area contributed by atoms with Crippen LogP contribution >= 0.6 is 0 Å². The second-order valence-corrected chi connectivity index (χ2v) is 5.77. The smallest absolute Gasteiger partial charge is 0.192 e. The summed E-state index contributed by atoms with van der Waals surface area (Å²) in [5.74, 6) is 0.411. The molecule has 1 unspecified atom stereocenters. The molecule has 0 aromatic heterocycles. The van der Waals surface area contributed by atoms with Gasteiger partial charge in [-0.3, -0.25) is 4.99 Å². The van der Waals surface area contributed by atoms with Gasteiger partial charge in [0, 0.05) is 6.04 Å². The molecule has 3 rings (SSSR count). The summed E-state index contributed by atoms with van der Waals surface area (Å²) in [7, 11) is 0. The minimum Gasteiger partial charge on any atom is -0.370 e. The topological polar surface area (TPSA) is 41.6 Å². The molecule has 1 fully saturated rings. The van der Waals surface area contributed by atoms with Gasteiger partial charge < -0.3 is 10.6 Å². The van der Waals surface area contributed by atoms with Crippen molar-refractivity contribution in [2.24, 2.45) is 10.7 Å². The number of aliphatic imine (C=N–C) groups is 1. The summed E-state index contributed by atoms with van der Waals surface area (Å²) < 4.78 is 13.5.